The Kier molecular flexibility index (Phi) is 5.18. The quantitative estimate of drug-likeness (QED) is 0.471. The van der Waals surface area contributed by atoms with Gasteiger partial charge in [0, 0.05) is 24.2 Å². The first kappa shape index (κ1) is 20.3. The average Bonchev–Trinajstić information content (AvgIpc) is 3.44. The van der Waals surface area contributed by atoms with E-state index in [9.17, 15) is 0 Å². The average molecular weight is 432 g/mol. The van der Waals surface area contributed by atoms with Gasteiger partial charge in [-0.15, -0.1) is 0 Å². The minimum absolute atomic E-state index is 0.264. The Hall–Kier alpha value is -3.59. The van der Waals surface area contributed by atoms with Gasteiger partial charge in [0.15, 0.2) is 5.82 Å². The van der Waals surface area contributed by atoms with Crippen LogP contribution in [0.3, 0.4) is 0 Å². The molecule has 2 N–H and O–H groups in total. The first-order valence-corrected chi connectivity index (χ1v) is 10.7. The van der Waals surface area contributed by atoms with E-state index >= 15 is 0 Å². The molecule has 1 aromatic carbocycles. The predicted molar refractivity (Wildman–Crippen MR) is 119 cm³/mol. The summed E-state index contributed by atoms with van der Waals surface area (Å²) in [7, 11) is 0. The number of nitrogen functional groups attached to an aromatic ring is 1. The van der Waals surface area contributed by atoms with Crippen LogP contribution in [0.4, 0.5) is 5.95 Å². The van der Waals surface area contributed by atoms with E-state index < -0.39 is 0 Å². The van der Waals surface area contributed by atoms with Crippen molar-refractivity contribution in [2.24, 2.45) is 0 Å². The van der Waals surface area contributed by atoms with Crippen LogP contribution in [0.25, 0.3) is 22.6 Å². The molecule has 1 fully saturated rings. The molecule has 1 atom stereocenters. The Bertz CT molecular complexity index is 1200. The van der Waals surface area contributed by atoms with E-state index in [-0.39, 0.29) is 17.4 Å². The Morgan fingerprint density at radius 1 is 1.06 bits per heavy atom. The molecule has 4 aromatic rings. The summed E-state index contributed by atoms with van der Waals surface area (Å²) in [6.07, 6.45) is 9.01. The van der Waals surface area contributed by atoms with Crippen LogP contribution in [0.1, 0.15) is 44.1 Å². The minimum Gasteiger partial charge on any atom is -0.377 e. The summed E-state index contributed by atoms with van der Waals surface area (Å²) < 4.78 is 12.8. The van der Waals surface area contributed by atoms with Gasteiger partial charge in [0.05, 0.1) is 36.4 Å². The molecule has 0 radical (unpaired) electrons. The molecule has 164 valence electrons. The molecular weight excluding hydrogens is 406 g/mol. The largest absolute Gasteiger partial charge is 0.377 e. The maximum atomic E-state index is 5.64. The lowest BCUT2D eigenvalue weighted by molar-refractivity contribution is -0.0286. The van der Waals surface area contributed by atoms with Gasteiger partial charge in [-0.1, -0.05) is 42.8 Å². The molecule has 1 aliphatic rings. The van der Waals surface area contributed by atoms with Gasteiger partial charge in [0.2, 0.25) is 5.95 Å². The molecular formula is C23H25N7O2. The Morgan fingerprint density at radius 2 is 1.81 bits per heavy atom. The molecule has 5 rings (SSSR count). The number of hydrogen-bond acceptors (Lipinski definition) is 8. The van der Waals surface area contributed by atoms with Crippen LogP contribution in [0, 0.1) is 0 Å². The maximum absolute atomic E-state index is 5.64. The zero-order chi connectivity index (χ0) is 22.1. The fourth-order valence-corrected chi connectivity index (χ4v) is 3.99. The van der Waals surface area contributed by atoms with E-state index in [4.69, 9.17) is 20.0 Å². The van der Waals surface area contributed by atoms with Crippen LogP contribution in [0.2, 0.25) is 0 Å². The van der Waals surface area contributed by atoms with Crippen LogP contribution >= 0.6 is 0 Å². The third kappa shape index (κ3) is 3.64. The fraction of sp³-hybridized carbons (Fsp3) is 0.348. The van der Waals surface area contributed by atoms with Crippen LogP contribution in [-0.2, 0) is 10.2 Å². The SMILES string of the molecule is CCC[C@](C)(c1ccc(-c2cnc(N)nc2)cc1)c1noc(-c2cnn(C3COC3)c2)n1. The Balaban J connectivity index is 1.43. The lowest BCUT2D eigenvalue weighted by Crippen LogP contribution is -2.30. The van der Waals surface area contributed by atoms with Crippen LogP contribution in [0.15, 0.2) is 53.6 Å². The summed E-state index contributed by atoms with van der Waals surface area (Å²) in [5, 5.41) is 8.77. The number of aromatic nitrogens is 6. The third-order valence-electron chi connectivity index (χ3n) is 6.04. The van der Waals surface area contributed by atoms with E-state index in [0.717, 1.165) is 35.1 Å². The molecule has 1 aliphatic heterocycles. The van der Waals surface area contributed by atoms with Crippen molar-refractivity contribution in [2.75, 3.05) is 18.9 Å². The molecule has 0 aliphatic carbocycles. The number of nitrogens with two attached hydrogens (primary N) is 1. The van der Waals surface area contributed by atoms with Crippen molar-refractivity contribution in [3.05, 3.63) is 60.4 Å². The van der Waals surface area contributed by atoms with Gasteiger partial charge in [0.25, 0.3) is 5.89 Å². The Labute approximate surface area is 185 Å². The van der Waals surface area contributed by atoms with Gasteiger partial charge in [-0.05, 0) is 24.5 Å². The molecule has 0 spiro atoms. The van der Waals surface area contributed by atoms with E-state index in [2.05, 4.69) is 58.3 Å². The minimum atomic E-state index is -0.384. The summed E-state index contributed by atoms with van der Waals surface area (Å²) in [6.45, 7) is 5.68. The van der Waals surface area contributed by atoms with Crippen molar-refractivity contribution >= 4 is 5.95 Å². The molecule has 0 unspecified atom stereocenters. The highest BCUT2D eigenvalue weighted by atomic mass is 16.5. The molecule has 0 saturated carbocycles. The second-order valence-corrected chi connectivity index (χ2v) is 8.31. The highest BCUT2D eigenvalue weighted by molar-refractivity contribution is 5.62. The number of benzene rings is 1. The normalized spacial score (nSPS) is 15.9. The van der Waals surface area contributed by atoms with Crippen molar-refractivity contribution < 1.29 is 9.26 Å². The van der Waals surface area contributed by atoms with Crippen LogP contribution < -0.4 is 5.73 Å². The van der Waals surface area contributed by atoms with E-state index in [1.165, 1.54) is 0 Å². The van der Waals surface area contributed by atoms with Crippen molar-refractivity contribution in [1.82, 2.24) is 29.9 Å². The zero-order valence-corrected chi connectivity index (χ0v) is 18.1. The number of rotatable bonds is 7. The highest BCUT2D eigenvalue weighted by Gasteiger charge is 2.34. The summed E-state index contributed by atoms with van der Waals surface area (Å²) in [5.41, 5.74) is 9.08. The smallest absolute Gasteiger partial charge is 0.261 e. The topological polar surface area (TPSA) is 118 Å². The molecule has 32 heavy (non-hydrogen) atoms. The lowest BCUT2D eigenvalue weighted by atomic mass is 9.77. The first-order valence-electron chi connectivity index (χ1n) is 10.7. The van der Waals surface area contributed by atoms with Crippen LogP contribution in [-0.4, -0.2) is 43.1 Å². The lowest BCUT2D eigenvalue weighted by Gasteiger charge is -2.26. The highest BCUT2D eigenvalue weighted by Crippen LogP contribution is 2.36. The van der Waals surface area contributed by atoms with E-state index in [1.54, 1.807) is 18.6 Å². The molecule has 3 aromatic heterocycles. The van der Waals surface area contributed by atoms with Crippen molar-refractivity contribution in [2.45, 2.75) is 38.1 Å². The third-order valence-corrected chi connectivity index (χ3v) is 6.04. The van der Waals surface area contributed by atoms with Crippen molar-refractivity contribution in [3.8, 4) is 22.6 Å². The van der Waals surface area contributed by atoms with Gasteiger partial charge in [0.1, 0.15) is 0 Å². The maximum Gasteiger partial charge on any atom is 0.261 e. The number of nitrogens with zero attached hydrogens (tertiary/aromatic N) is 6. The van der Waals surface area contributed by atoms with Gasteiger partial charge in [-0.25, -0.2) is 9.97 Å². The summed E-state index contributed by atoms with van der Waals surface area (Å²) in [5.74, 6) is 1.41. The van der Waals surface area contributed by atoms with Gasteiger partial charge in [-0.3, -0.25) is 4.68 Å². The second-order valence-electron chi connectivity index (χ2n) is 8.31. The van der Waals surface area contributed by atoms with Gasteiger partial charge < -0.3 is 15.0 Å². The van der Waals surface area contributed by atoms with Gasteiger partial charge in [-0.2, -0.15) is 10.1 Å². The molecule has 9 nitrogen and oxygen atoms in total. The van der Waals surface area contributed by atoms with Crippen LogP contribution in [0.5, 0.6) is 0 Å². The molecule has 1 saturated heterocycles. The number of anilines is 1. The number of ether oxygens (including phenoxy) is 1. The second kappa shape index (κ2) is 8.16. The Morgan fingerprint density at radius 3 is 2.47 bits per heavy atom. The van der Waals surface area contributed by atoms with Crippen molar-refractivity contribution in [1.29, 1.82) is 0 Å². The molecule has 0 bridgehead atoms. The zero-order valence-electron chi connectivity index (χ0n) is 18.1. The summed E-state index contributed by atoms with van der Waals surface area (Å²) in [4.78, 5) is 12.9. The monoisotopic (exact) mass is 431 g/mol. The van der Waals surface area contributed by atoms with Crippen molar-refractivity contribution in [3.63, 3.8) is 0 Å². The summed E-state index contributed by atoms with van der Waals surface area (Å²) in [6, 6.07) is 8.60. The standard InChI is InChI=1S/C23H25N7O2/c1-3-8-23(2,18-6-4-15(5-7-18)16-9-25-22(24)26-10-16)21-28-20(32-29-21)17-11-27-30(12-17)19-13-31-14-19/h4-7,9-12,19H,3,8,13-14H2,1-2H3,(H2,24,25,26)/t23-/m1/s1. The first-order chi connectivity index (χ1) is 15.6. The molecule has 9 heteroatoms. The molecule has 4 heterocycles. The van der Waals surface area contributed by atoms with E-state index in [1.807, 2.05) is 10.9 Å². The number of hydrogen-bond donors (Lipinski definition) is 1. The fourth-order valence-electron chi connectivity index (χ4n) is 3.99. The van der Waals surface area contributed by atoms with E-state index in [0.29, 0.717) is 24.9 Å². The van der Waals surface area contributed by atoms with Gasteiger partial charge >= 0.3 is 0 Å². The molecule has 0 amide bonds. The predicted octanol–water partition coefficient (Wildman–Crippen LogP) is 3.65. The summed E-state index contributed by atoms with van der Waals surface area (Å²) >= 11 is 0.